The van der Waals surface area contributed by atoms with Gasteiger partial charge in [0.2, 0.25) is 0 Å². The van der Waals surface area contributed by atoms with Gasteiger partial charge in [-0.15, -0.1) is 0 Å². The smallest absolute Gasteiger partial charge is 0.126 e. The molecule has 2 N–H and O–H groups in total. The average Bonchev–Trinajstić information content (AvgIpc) is 2.38. The van der Waals surface area contributed by atoms with Gasteiger partial charge >= 0.3 is 0 Å². The van der Waals surface area contributed by atoms with Gasteiger partial charge in [0, 0.05) is 5.56 Å². The summed E-state index contributed by atoms with van der Waals surface area (Å²) in [5, 5.41) is 18.5. The number of aromatic nitrogens is 2. The third-order valence-electron chi connectivity index (χ3n) is 2.44. The van der Waals surface area contributed by atoms with Gasteiger partial charge in [-0.25, -0.2) is 9.97 Å². The Bertz CT molecular complexity index is 500. The fourth-order valence-electron chi connectivity index (χ4n) is 1.61. The van der Waals surface area contributed by atoms with Crippen LogP contribution in [-0.4, -0.2) is 26.8 Å². The molecule has 17 heavy (non-hydrogen) atoms. The van der Waals surface area contributed by atoms with Crippen molar-refractivity contribution in [3.05, 3.63) is 47.9 Å². The van der Waals surface area contributed by atoms with Crippen molar-refractivity contribution in [2.75, 3.05) is 6.61 Å². The first-order valence-electron chi connectivity index (χ1n) is 5.40. The van der Waals surface area contributed by atoms with Crippen LogP contribution in [0.15, 0.2) is 36.4 Å². The second-order valence-electron chi connectivity index (χ2n) is 3.79. The van der Waals surface area contributed by atoms with Crippen molar-refractivity contribution in [1.82, 2.24) is 9.97 Å². The molecule has 1 atom stereocenters. The van der Waals surface area contributed by atoms with Crippen molar-refractivity contribution in [1.29, 1.82) is 0 Å². The van der Waals surface area contributed by atoms with Crippen LogP contribution >= 0.6 is 0 Å². The van der Waals surface area contributed by atoms with E-state index in [1.807, 2.05) is 30.3 Å². The van der Waals surface area contributed by atoms with E-state index in [-0.39, 0.29) is 6.61 Å². The van der Waals surface area contributed by atoms with Crippen LogP contribution < -0.4 is 0 Å². The molecule has 1 aromatic heterocycles. The van der Waals surface area contributed by atoms with Crippen LogP contribution in [-0.2, 0) is 0 Å². The molecule has 0 bridgehead atoms. The van der Waals surface area contributed by atoms with Crippen LogP contribution in [0, 0.1) is 6.92 Å². The summed E-state index contributed by atoms with van der Waals surface area (Å²) in [7, 11) is 0. The van der Waals surface area contributed by atoms with Gasteiger partial charge in [0.05, 0.1) is 18.0 Å². The third kappa shape index (κ3) is 2.67. The average molecular weight is 230 g/mol. The second-order valence-corrected chi connectivity index (χ2v) is 3.79. The lowest BCUT2D eigenvalue weighted by molar-refractivity contribution is 0.0920. The van der Waals surface area contributed by atoms with Gasteiger partial charge in [-0.05, 0) is 13.0 Å². The lowest BCUT2D eigenvalue weighted by atomic mass is 10.1. The molecule has 1 aromatic carbocycles. The molecule has 2 aromatic rings. The first-order valence-corrected chi connectivity index (χ1v) is 5.40. The van der Waals surface area contributed by atoms with Gasteiger partial charge in [-0.3, -0.25) is 0 Å². The quantitative estimate of drug-likeness (QED) is 0.838. The fourth-order valence-corrected chi connectivity index (χ4v) is 1.61. The van der Waals surface area contributed by atoms with E-state index in [1.54, 1.807) is 13.0 Å². The maximum absolute atomic E-state index is 9.58. The van der Waals surface area contributed by atoms with E-state index in [1.165, 1.54) is 0 Å². The number of hydrogen-bond acceptors (Lipinski definition) is 4. The lowest BCUT2D eigenvalue weighted by Crippen LogP contribution is -2.07. The highest BCUT2D eigenvalue weighted by Crippen LogP contribution is 2.20. The minimum absolute atomic E-state index is 0.343. The van der Waals surface area contributed by atoms with Crippen LogP contribution in [0.1, 0.15) is 17.6 Å². The molecule has 0 aliphatic rings. The molecule has 4 nitrogen and oxygen atoms in total. The van der Waals surface area contributed by atoms with Gasteiger partial charge in [-0.1, -0.05) is 30.3 Å². The zero-order valence-corrected chi connectivity index (χ0v) is 9.54. The number of nitrogens with zero attached hydrogens (tertiary/aromatic N) is 2. The van der Waals surface area contributed by atoms with Crippen molar-refractivity contribution in [3.63, 3.8) is 0 Å². The van der Waals surface area contributed by atoms with Crippen molar-refractivity contribution in [2.24, 2.45) is 0 Å². The summed E-state index contributed by atoms with van der Waals surface area (Å²) in [6, 6.07) is 11.4. The zero-order chi connectivity index (χ0) is 12.3. The zero-order valence-electron chi connectivity index (χ0n) is 9.54. The molecule has 4 heteroatoms. The van der Waals surface area contributed by atoms with Gasteiger partial charge in [0.1, 0.15) is 11.9 Å². The van der Waals surface area contributed by atoms with Gasteiger partial charge in [-0.2, -0.15) is 0 Å². The molecule has 0 fully saturated rings. The summed E-state index contributed by atoms with van der Waals surface area (Å²) in [4.78, 5) is 8.43. The second kappa shape index (κ2) is 5.03. The molecular formula is C13H14N2O2. The largest absolute Gasteiger partial charge is 0.393 e. The molecule has 0 aliphatic heterocycles. The fraction of sp³-hybridized carbons (Fsp3) is 0.231. The molecule has 0 amide bonds. The van der Waals surface area contributed by atoms with Crippen molar-refractivity contribution in [3.8, 4) is 11.3 Å². The lowest BCUT2D eigenvalue weighted by Gasteiger charge is -2.09. The van der Waals surface area contributed by atoms with Crippen LogP contribution in [0.25, 0.3) is 11.3 Å². The van der Waals surface area contributed by atoms with E-state index in [2.05, 4.69) is 9.97 Å². The molecule has 0 radical (unpaired) electrons. The Balaban J connectivity index is 2.45. The SMILES string of the molecule is Cc1nc(-c2ccccc2)cc(C(O)CO)n1. The summed E-state index contributed by atoms with van der Waals surface area (Å²) in [6.45, 7) is 1.42. The standard InChI is InChI=1S/C13H14N2O2/c1-9-14-11(10-5-3-2-4-6-10)7-12(15-9)13(17)8-16/h2-7,13,16-17H,8H2,1H3. The molecule has 1 heterocycles. The normalized spacial score (nSPS) is 12.4. The Morgan fingerprint density at radius 2 is 1.88 bits per heavy atom. The van der Waals surface area contributed by atoms with Crippen molar-refractivity contribution < 1.29 is 10.2 Å². The Labute approximate surface area is 99.6 Å². The Hall–Kier alpha value is -1.78. The highest BCUT2D eigenvalue weighted by atomic mass is 16.3. The van der Waals surface area contributed by atoms with Crippen LogP contribution in [0.5, 0.6) is 0 Å². The van der Waals surface area contributed by atoms with E-state index in [4.69, 9.17) is 5.11 Å². The molecule has 0 aliphatic carbocycles. The van der Waals surface area contributed by atoms with E-state index >= 15 is 0 Å². The number of aliphatic hydroxyl groups excluding tert-OH is 2. The first-order chi connectivity index (χ1) is 8.20. The van der Waals surface area contributed by atoms with Crippen molar-refractivity contribution in [2.45, 2.75) is 13.0 Å². The maximum Gasteiger partial charge on any atom is 0.126 e. The van der Waals surface area contributed by atoms with Crippen LogP contribution in [0.3, 0.4) is 0 Å². The van der Waals surface area contributed by atoms with E-state index in [9.17, 15) is 5.11 Å². The maximum atomic E-state index is 9.58. The van der Waals surface area contributed by atoms with Crippen molar-refractivity contribution >= 4 is 0 Å². The topological polar surface area (TPSA) is 66.2 Å². The number of rotatable bonds is 3. The summed E-state index contributed by atoms with van der Waals surface area (Å²) in [5.74, 6) is 0.578. The summed E-state index contributed by atoms with van der Waals surface area (Å²) in [6.07, 6.45) is -0.959. The predicted molar refractivity (Wildman–Crippen MR) is 64.3 cm³/mol. The van der Waals surface area contributed by atoms with E-state index in [0.29, 0.717) is 11.5 Å². The predicted octanol–water partition coefficient (Wildman–Crippen LogP) is 1.48. The Kier molecular flexibility index (Phi) is 3.46. The van der Waals surface area contributed by atoms with Crippen LogP contribution in [0.2, 0.25) is 0 Å². The molecule has 1 unspecified atom stereocenters. The first kappa shape index (κ1) is 11.7. The molecule has 88 valence electrons. The van der Waals surface area contributed by atoms with E-state index < -0.39 is 6.10 Å². The summed E-state index contributed by atoms with van der Waals surface area (Å²) >= 11 is 0. The molecule has 0 saturated carbocycles. The number of aliphatic hydroxyl groups is 2. The van der Waals surface area contributed by atoms with Gasteiger partial charge in [0.15, 0.2) is 0 Å². The van der Waals surface area contributed by atoms with Crippen LogP contribution in [0.4, 0.5) is 0 Å². The third-order valence-corrected chi connectivity index (χ3v) is 2.44. The van der Waals surface area contributed by atoms with Gasteiger partial charge in [0.25, 0.3) is 0 Å². The number of hydrogen-bond donors (Lipinski definition) is 2. The highest BCUT2D eigenvalue weighted by Gasteiger charge is 2.11. The molecular weight excluding hydrogens is 216 g/mol. The summed E-state index contributed by atoms with van der Waals surface area (Å²) in [5.41, 5.74) is 2.16. The Morgan fingerprint density at radius 3 is 2.53 bits per heavy atom. The van der Waals surface area contributed by atoms with E-state index in [0.717, 1.165) is 11.3 Å². The summed E-state index contributed by atoms with van der Waals surface area (Å²) < 4.78 is 0. The minimum Gasteiger partial charge on any atom is -0.393 e. The monoisotopic (exact) mass is 230 g/mol. The highest BCUT2D eigenvalue weighted by molar-refractivity contribution is 5.59. The molecule has 0 spiro atoms. The Morgan fingerprint density at radius 1 is 1.18 bits per heavy atom. The minimum atomic E-state index is -0.959. The number of benzene rings is 1. The molecule has 2 rings (SSSR count). The van der Waals surface area contributed by atoms with Gasteiger partial charge < -0.3 is 10.2 Å². The number of aryl methyl sites for hydroxylation is 1. The molecule has 0 saturated heterocycles.